The van der Waals surface area contributed by atoms with Crippen LogP contribution in [0.5, 0.6) is 0 Å². The molecule has 2 heterocycles. The Morgan fingerprint density at radius 2 is 2.11 bits per heavy atom. The summed E-state index contributed by atoms with van der Waals surface area (Å²) in [4.78, 5) is 4.41. The van der Waals surface area contributed by atoms with Crippen LogP contribution in [0.1, 0.15) is 5.56 Å². The minimum atomic E-state index is -1.01. The number of ether oxygens (including phenoxy) is 1. The largest absolute Gasteiger partial charge is 0.361 e. The van der Waals surface area contributed by atoms with Crippen LogP contribution in [-0.2, 0) is 11.5 Å². The molecule has 0 bridgehead atoms. The van der Waals surface area contributed by atoms with Crippen LogP contribution in [0.2, 0.25) is 25.7 Å². The second-order valence-corrected chi connectivity index (χ2v) is 12.6. The van der Waals surface area contributed by atoms with Crippen LogP contribution < -0.4 is 0 Å². The number of rotatable bonds is 5. The number of aryl methyl sites for hydroxylation is 1. The molecule has 3 nitrogen and oxygen atoms in total. The third kappa shape index (κ3) is 3.67. The van der Waals surface area contributed by atoms with Crippen LogP contribution in [-0.4, -0.2) is 24.2 Å². The predicted molar refractivity (Wildman–Crippen MR) is 86.3 cm³/mol. The molecule has 0 atom stereocenters. The number of hydrogen-bond donors (Lipinski definition) is 0. The van der Waals surface area contributed by atoms with E-state index in [-0.39, 0.29) is 0 Å². The predicted octanol–water partition coefficient (Wildman–Crippen LogP) is 4.42. The van der Waals surface area contributed by atoms with Crippen molar-refractivity contribution in [3.63, 3.8) is 0 Å². The molecule has 2 aromatic rings. The van der Waals surface area contributed by atoms with E-state index in [4.69, 9.17) is 4.74 Å². The monoisotopic (exact) mass is 340 g/mol. The molecule has 0 aliphatic rings. The number of hydrogen-bond acceptors (Lipinski definition) is 2. The highest BCUT2D eigenvalue weighted by molar-refractivity contribution is 9.10. The average molecular weight is 341 g/mol. The first-order valence-corrected chi connectivity index (χ1v) is 11.1. The van der Waals surface area contributed by atoms with Gasteiger partial charge in [-0.25, -0.2) is 0 Å². The molecular formula is C14H21BrN2OSi. The van der Waals surface area contributed by atoms with Gasteiger partial charge < -0.3 is 9.30 Å². The summed E-state index contributed by atoms with van der Waals surface area (Å²) in [7, 11) is -1.01. The smallest absolute Gasteiger partial charge is 0.122 e. The van der Waals surface area contributed by atoms with Gasteiger partial charge in [0.1, 0.15) is 6.73 Å². The summed E-state index contributed by atoms with van der Waals surface area (Å²) in [6.45, 7) is 10.7. The highest BCUT2D eigenvalue weighted by Gasteiger charge is 2.12. The Kier molecular flexibility index (Phi) is 4.48. The van der Waals surface area contributed by atoms with Crippen molar-refractivity contribution in [2.45, 2.75) is 39.3 Å². The lowest BCUT2D eigenvalue weighted by molar-refractivity contribution is 0.0902. The lowest BCUT2D eigenvalue weighted by atomic mass is 10.2. The van der Waals surface area contributed by atoms with E-state index in [1.54, 1.807) is 0 Å². The average Bonchev–Trinajstić information content (AvgIpc) is 2.72. The SMILES string of the molecule is Cc1c(Br)cnc2ccn(COCC[Si](C)(C)C)c12. The Bertz CT molecular complexity index is 575. The number of aromatic nitrogens is 2. The van der Waals surface area contributed by atoms with E-state index in [9.17, 15) is 0 Å². The third-order valence-electron chi connectivity index (χ3n) is 3.20. The highest BCUT2D eigenvalue weighted by atomic mass is 79.9. The van der Waals surface area contributed by atoms with E-state index in [1.807, 2.05) is 18.5 Å². The normalized spacial score (nSPS) is 12.3. The van der Waals surface area contributed by atoms with Crippen molar-refractivity contribution in [1.29, 1.82) is 0 Å². The fraction of sp³-hybridized carbons (Fsp3) is 0.500. The minimum absolute atomic E-state index is 0.604. The van der Waals surface area contributed by atoms with Crippen molar-refractivity contribution < 1.29 is 4.74 Å². The van der Waals surface area contributed by atoms with Gasteiger partial charge in [0.15, 0.2) is 0 Å². The summed E-state index contributed by atoms with van der Waals surface area (Å²) in [5, 5.41) is 0. The van der Waals surface area contributed by atoms with Crippen LogP contribution in [0, 0.1) is 6.92 Å². The van der Waals surface area contributed by atoms with Gasteiger partial charge in [0.25, 0.3) is 0 Å². The van der Waals surface area contributed by atoms with Crippen molar-refractivity contribution in [3.05, 3.63) is 28.5 Å². The Balaban J connectivity index is 2.07. The molecule has 0 aliphatic carbocycles. The molecule has 0 saturated carbocycles. The molecule has 0 fully saturated rings. The van der Waals surface area contributed by atoms with Crippen LogP contribution in [0.25, 0.3) is 11.0 Å². The lowest BCUT2D eigenvalue weighted by Crippen LogP contribution is -2.22. The van der Waals surface area contributed by atoms with Crippen molar-refractivity contribution >= 4 is 35.0 Å². The Hall–Kier alpha value is -0.653. The van der Waals surface area contributed by atoms with Gasteiger partial charge in [-0.3, -0.25) is 4.98 Å². The number of halogens is 1. The first-order chi connectivity index (χ1) is 8.88. The lowest BCUT2D eigenvalue weighted by Gasteiger charge is -2.16. The van der Waals surface area contributed by atoms with Gasteiger partial charge in [-0.2, -0.15) is 0 Å². The fourth-order valence-corrected chi connectivity index (χ4v) is 3.00. The highest BCUT2D eigenvalue weighted by Crippen LogP contribution is 2.24. The minimum Gasteiger partial charge on any atom is -0.361 e. The standard InChI is InChI=1S/C14H21BrN2OSi/c1-11-12(15)9-16-13-5-6-17(14(11)13)10-18-7-8-19(2,3)4/h5-6,9H,7-8,10H2,1-4H3. The van der Waals surface area contributed by atoms with Gasteiger partial charge in [-0.1, -0.05) is 19.6 Å². The quantitative estimate of drug-likeness (QED) is 0.595. The second-order valence-electron chi connectivity index (χ2n) is 6.10. The first kappa shape index (κ1) is 14.7. The van der Waals surface area contributed by atoms with Crippen LogP contribution in [0.4, 0.5) is 0 Å². The molecule has 5 heteroatoms. The molecule has 19 heavy (non-hydrogen) atoms. The molecule has 2 rings (SSSR count). The Morgan fingerprint density at radius 3 is 2.79 bits per heavy atom. The zero-order valence-electron chi connectivity index (χ0n) is 12.0. The second kappa shape index (κ2) is 5.77. The maximum Gasteiger partial charge on any atom is 0.122 e. The van der Waals surface area contributed by atoms with Gasteiger partial charge >= 0.3 is 0 Å². The number of nitrogens with zero attached hydrogens (tertiary/aromatic N) is 2. The van der Waals surface area contributed by atoms with Gasteiger partial charge in [-0.15, -0.1) is 0 Å². The first-order valence-electron chi connectivity index (χ1n) is 6.56. The van der Waals surface area contributed by atoms with Crippen LogP contribution in [0.15, 0.2) is 22.9 Å². The van der Waals surface area contributed by atoms with Gasteiger partial charge in [-0.05, 0) is 40.5 Å². The summed E-state index contributed by atoms with van der Waals surface area (Å²) in [6, 6.07) is 3.24. The molecule has 0 spiro atoms. The van der Waals surface area contributed by atoms with E-state index in [0.717, 1.165) is 22.1 Å². The topological polar surface area (TPSA) is 27.1 Å². The summed E-state index contributed by atoms with van der Waals surface area (Å²) < 4.78 is 8.99. The Morgan fingerprint density at radius 1 is 1.37 bits per heavy atom. The van der Waals surface area contributed by atoms with Gasteiger partial charge in [0.05, 0.1) is 11.0 Å². The summed E-state index contributed by atoms with van der Waals surface area (Å²) in [5.41, 5.74) is 3.39. The maximum absolute atomic E-state index is 5.81. The molecule has 0 amide bonds. The van der Waals surface area contributed by atoms with Gasteiger partial charge in [0, 0.05) is 31.5 Å². The van der Waals surface area contributed by atoms with Crippen LogP contribution >= 0.6 is 15.9 Å². The van der Waals surface area contributed by atoms with E-state index in [0.29, 0.717) is 6.73 Å². The zero-order valence-corrected chi connectivity index (χ0v) is 14.6. The van der Waals surface area contributed by atoms with Crippen molar-refractivity contribution in [2.24, 2.45) is 0 Å². The van der Waals surface area contributed by atoms with E-state index < -0.39 is 8.07 Å². The zero-order chi connectivity index (χ0) is 14.0. The summed E-state index contributed by atoms with van der Waals surface area (Å²) >= 11 is 3.53. The van der Waals surface area contributed by atoms with E-state index in [1.165, 1.54) is 11.6 Å². The summed E-state index contributed by atoms with van der Waals surface area (Å²) in [5.74, 6) is 0. The number of fused-ring (bicyclic) bond motifs is 1. The van der Waals surface area contributed by atoms with E-state index in [2.05, 4.69) is 52.0 Å². The molecule has 104 valence electrons. The maximum atomic E-state index is 5.81. The molecule has 2 aromatic heterocycles. The molecule has 0 unspecified atom stereocenters. The molecule has 0 aromatic carbocycles. The van der Waals surface area contributed by atoms with Crippen LogP contribution in [0.3, 0.4) is 0 Å². The van der Waals surface area contributed by atoms with E-state index >= 15 is 0 Å². The molecule has 0 N–H and O–H groups in total. The molecular weight excluding hydrogens is 320 g/mol. The summed E-state index contributed by atoms with van der Waals surface area (Å²) in [6.07, 6.45) is 3.90. The van der Waals surface area contributed by atoms with Gasteiger partial charge in [0.2, 0.25) is 0 Å². The van der Waals surface area contributed by atoms with Crippen molar-refractivity contribution in [2.75, 3.05) is 6.61 Å². The fourth-order valence-electron chi connectivity index (χ4n) is 1.96. The molecule has 0 aliphatic heterocycles. The molecule has 0 radical (unpaired) electrons. The van der Waals surface area contributed by atoms with Crippen molar-refractivity contribution in [3.8, 4) is 0 Å². The third-order valence-corrected chi connectivity index (χ3v) is 5.70. The Labute approximate surface area is 124 Å². The molecule has 0 saturated heterocycles. The number of pyridine rings is 1. The van der Waals surface area contributed by atoms with Crippen molar-refractivity contribution in [1.82, 2.24) is 9.55 Å².